The maximum Gasteiger partial charge on any atom is 0.106 e. The molecule has 0 N–H and O–H groups in total. The molecule has 1 aliphatic carbocycles. The van der Waals surface area contributed by atoms with Gasteiger partial charge < -0.3 is 4.42 Å². The first-order valence-corrected chi connectivity index (χ1v) is 4.39. The van der Waals surface area contributed by atoms with E-state index in [-0.39, 0.29) is 0 Å². The third-order valence-corrected chi connectivity index (χ3v) is 2.64. The fourth-order valence-corrected chi connectivity index (χ4v) is 1.99. The molecule has 1 heterocycles. The van der Waals surface area contributed by atoms with Crippen LogP contribution in [-0.2, 0) is 0 Å². The molecule has 1 aliphatic rings. The molecule has 11 heavy (non-hydrogen) atoms. The van der Waals surface area contributed by atoms with Gasteiger partial charge in [-0.1, -0.05) is 6.92 Å². The Morgan fingerprint density at radius 3 is 2.91 bits per heavy atom. The Bertz CT molecular complexity index is 213. The lowest BCUT2D eigenvalue weighted by Crippen LogP contribution is -1.90. The summed E-state index contributed by atoms with van der Waals surface area (Å²) in [6, 6.07) is 4.08. The van der Waals surface area contributed by atoms with Crippen LogP contribution in [0.4, 0.5) is 0 Å². The van der Waals surface area contributed by atoms with Crippen molar-refractivity contribution >= 4 is 0 Å². The quantitative estimate of drug-likeness (QED) is 0.599. The molecule has 1 nitrogen and oxygen atoms in total. The average molecular weight is 150 g/mol. The van der Waals surface area contributed by atoms with Crippen LogP contribution >= 0.6 is 0 Å². The SMILES string of the molecule is CC1CCC(c2ccco2)C1. The molecule has 1 saturated carbocycles. The molecule has 0 radical (unpaired) electrons. The van der Waals surface area contributed by atoms with Crippen LogP contribution in [-0.4, -0.2) is 0 Å². The Labute approximate surface area is 67.4 Å². The van der Waals surface area contributed by atoms with E-state index in [2.05, 4.69) is 13.0 Å². The first kappa shape index (κ1) is 6.96. The summed E-state index contributed by atoms with van der Waals surface area (Å²) >= 11 is 0. The van der Waals surface area contributed by atoms with E-state index in [1.807, 2.05) is 6.07 Å². The summed E-state index contributed by atoms with van der Waals surface area (Å²) in [7, 11) is 0. The van der Waals surface area contributed by atoms with Crippen LogP contribution in [0.3, 0.4) is 0 Å². The molecule has 0 bridgehead atoms. The lowest BCUT2D eigenvalue weighted by atomic mass is 10.0. The second-order valence-electron chi connectivity index (χ2n) is 3.63. The van der Waals surface area contributed by atoms with Gasteiger partial charge in [0.1, 0.15) is 5.76 Å². The van der Waals surface area contributed by atoms with Gasteiger partial charge in [0.15, 0.2) is 0 Å². The van der Waals surface area contributed by atoms with Crippen LogP contribution in [0.1, 0.15) is 37.9 Å². The minimum absolute atomic E-state index is 0.708. The molecule has 2 unspecified atom stereocenters. The van der Waals surface area contributed by atoms with Crippen molar-refractivity contribution in [3.63, 3.8) is 0 Å². The Morgan fingerprint density at radius 2 is 2.36 bits per heavy atom. The minimum Gasteiger partial charge on any atom is -0.469 e. The lowest BCUT2D eigenvalue weighted by Gasteiger charge is -2.03. The first-order chi connectivity index (χ1) is 5.36. The van der Waals surface area contributed by atoms with Gasteiger partial charge in [-0.15, -0.1) is 0 Å². The number of hydrogen-bond acceptors (Lipinski definition) is 1. The van der Waals surface area contributed by atoms with Gasteiger partial charge in [-0.2, -0.15) is 0 Å². The van der Waals surface area contributed by atoms with Crippen LogP contribution in [0.2, 0.25) is 0 Å². The van der Waals surface area contributed by atoms with E-state index in [4.69, 9.17) is 4.42 Å². The monoisotopic (exact) mass is 150 g/mol. The molecule has 0 saturated heterocycles. The van der Waals surface area contributed by atoms with E-state index in [0.29, 0.717) is 5.92 Å². The Balaban J connectivity index is 2.08. The zero-order valence-corrected chi connectivity index (χ0v) is 6.92. The topological polar surface area (TPSA) is 13.1 Å². The Hall–Kier alpha value is -0.720. The van der Waals surface area contributed by atoms with Crippen molar-refractivity contribution in [2.24, 2.45) is 5.92 Å². The molecule has 0 aromatic carbocycles. The van der Waals surface area contributed by atoms with E-state index < -0.39 is 0 Å². The smallest absolute Gasteiger partial charge is 0.106 e. The zero-order valence-electron chi connectivity index (χ0n) is 6.92. The van der Waals surface area contributed by atoms with Gasteiger partial charge in [0, 0.05) is 5.92 Å². The van der Waals surface area contributed by atoms with Crippen LogP contribution in [0, 0.1) is 5.92 Å². The maximum atomic E-state index is 5.37. The largest absolute Gasteiger partial charge is 0.469 e. The molecule has 2 atom stereocenters. The van der Waals surface area contributed by atoms with Gasteiger partial charge in [0.05, 0.1) is 6.26 Å². The molecule has 0 aliphatic heterocycles. The number of furan rings is 1. The normalized spacial score (nSPS) is 31.0. The predicted molar refractivity (Wildman–Crippen MR) is 44.5 cm³/mol. The van der Waals surface area contributed by atoms with Crippen LogP contribution in [0.15, 0.2) is 22.8 Å². The van der Waals surface area contributed by atoms with Gasteiger partial charge >= 0.3 is 0 Å². The third kappa shape index (κ3) is 1.32. The van der Waals surface area contributed by atoms with Crippen LogP contribution < -0.4 is 0 Å². The van der Waals surface area contributed by atoms with Crippen molar-refractivity contribution in [3.8, 4) is 0 Å². The Morgan fingerprint density at radius 1 is 1.45 bits per heavy atom. The molecular weight excluding hydrogens is 136 g/mol. The van der Waals surface area contributed by atoms with E-state index in [1.165, 1.54) is 25.0 Å². The highest BCUT2D eigenvalue weighted by atomic mass is 16.3. The molecule has 0 amide bonds. The fourth-order valence-electron chi connectivity index (χ4n) is 1.99. The van der Waals surface area contributed by atoms with Gasteiger partial charge in [-0.3, -0.25) is 0 Å². The Kier molecular flexibility index (Phi) is 1.72. The first-order valence-electron chi connectivity index (χ1n) is 4.39. The summed E-state index contributed by atoms with van der Waals surface area (Å²) in [5.41, 5.74) is 0. The molecule has 1 heteroatoms. The van der Waals surface area contributed by atoms with Crippen molar-refractivity contribution in [2.75, 3.05) is 0 Å². The predicted octanol–water partition coefficient (Wildman–Crippen LogP) is 3.18. The fraction of sp³-hybridized carbons (Fsp3) is 0.600. The zero-order chi connectivity index (χ0) is 7.68. The highest BCUT2D eigenvalue weighted by Gasteiger charge is 2.24. The van der Waals surface area contributed by atoms with Gasteiger partial charge in [0.2, 0.25) is 0 Å². The molecule has 60 valence electrons. The summed E-state index contributed by atoms with van der Waals surface area (Å²) in [5.74, 6) is 2.79. The molecule has 0 spiro atoms. The summed E-state index contributed by atoms with van der Waals surface area (Å²) in [5, 5.41) is 0. The van der Waals surface area contributed by atoms with Crippen LogP contribution in [0.25, 0.3) is 0 Å². The third-order valence-electron chi connectivity index (χ3n) is 2.64. The van der Waals surface area contributed by atoms with Gasteiger partial charge in [-0.05, 0) is 37.3 Å². The standard InChI is InChI=1S/C10H14O/c1-8-4-5-9(7-8)10-3-2-6-11-10/h2-3,6,8-9H,4-5,7H2,1H3. The highest BCUT2D eigenvalue weighted by molar-refractivity contribution is 5.07. The molecule has 1 aromatic heterocycles. The van der Waals surface area contributed by atoms with Crippen LogP contribution in [0.5, 0.6) is 0 Å². The minimum atomic E-state index is 0.708. The van der Waals surface area contributed by atoms with E-state index >= 15 is 0 Å². The number of hydrogen-bond donors (Lipinski definition) is 0. The summed E-state index contributed by atoms with van der Waals surface area (Å²) < 4.78 is 5.37. The summed E-state index contributed by atoms with van der Waals surface area (Å²) in [4.78, 5) is 0. The molecular formula is C10H14O. The maximum absolute atomic E-state index is 5.37. The molecule has 2 rings (SSSR count). The number of rotatable bonds is 1. The second-order valence-corrected chi connectivity index (χ2v) is 3.63. The summed E-state index contributed by atoms with van der Waals surface area (Å²) in [6.45, 7) is 2.32. The van der Waals surface area contributed by atoms with Crippen molar-refractivity contribution in [3.05, 3.63) is 24.2 Å². The van der Waals surface area contributed by atoms with Gasteiger partial charge in [-0.25, -0.2) is 0 Å². The highest BCUT2D eigenvalue weighted by Crippen LogP contribution is 2.37. The molecule has 1 aromatic rings. The van der Waals surface area contributed by atoms with E-state index in [1.54, 1.807) is 6.26 Å². The average Bonchev–Trinajstić information content (AvgIpc) is 2.55. The van der Waals surface area contributed by atoms with Gasteiger partial charge in [0.25, 0.3) is 0 Å². The van der Waals surface area contributed by atoms with Crippen molar-refractivity contribution in [1.29, 1.82) is 0 Å². The van der Waals surface area contributed by atoms with E-state index in [0.717, 1.165) is 5.92 Å². The lowest BCUT2D eigenvalue weighted by molar-refractivity contribution is 0.457. The van der Waals surface area contributed by atoms with E-state index in [9.17, 15) is 0 Å². The van der Waals surface area contributed by atoms with Crippen molar-refractivity contribution in [1.82, 2.24) is 0 Å². The second kappa shape index (κ2) is 2.72. The van der Waals surface area contributed by atoms with Crippen molar-refractivity contribution in [2.45, 2.75) is 32.1 Å². The summed E-state index contributed by atoms with van der Waals surface area (Å²) in [6.07, 6.45) is 5.77. The molecule has 1 fully saturated rings. The van der Waals surface area contributed by atoms with Crippen molar-refractivity contribution < 1.29 is 4.42 Å².